The summed E-state index contributed by atoms with van der Waals surface area (Å²) in [4.78, 5) is 22.8. The van der Waals surface area contributed by atoms with Crippen LogP contribution in [0.5, 0.6) is 17.2 Å². The van der Waals surface area contributed by atoms with Crippen LogP contribution in [0.15, 0.2) is 76.8 Å². The molecule has 0 bridgehead atoms. The lowest BCUT2D eigenvalue weighted by atomic mass is 10.1. The molecule has 0 aliphatic carbocycles. The Morgan fingerprint density at radius 2 is 1.62 bits per heavy atom. The maximum Gasteiger partial charge on any atom is 0.329 e. The molecule has 178 valence electrons. The Morgan fingerprint density at radius 1 is 0.912 bits per heavy atom. The third-order valence-electron chi connectivity index (χ3n) is 4.52. The average Bonchev–Trinajstić information content (AvgIpc) is 2.78. The van der Waals surface area contributed by atoms with Gasteiger partial charge in [0.15, 0.2) is 0 Å². The molecule has 0 fully saturated rings. The fourth-order valence-electron chi connectivity index (χ4n) is 3.04. The fraction of sp³-hybridized carbons (Fsp3) is 0.208. The monoisotopic (exact) mass is 483 g/mol. The van der Waals surface area contributed by atoms with Gasteiger partial charge in [-0.3, -0.25) is 0 Å². The number of urea groups is 1. The van der Waals surface area contributed by atoms with E-state index in [0.29, 0.717) is 5.75 Å². The van der Waals surface area contributed by atoms with Gasteiger partial charge in [-0.25, -0.2) is 17.9 Å². The van der Waals surface area contributed by atoms with Crippen molar-refractivity contribution in [3.63, 3.8) is 0 Å². The molecule has 0 aliphatic heterocycles. The molecule has 0 radical (unpaired) electrons. The smallest absolute Gasteiger partial charge is 0.329 e. The van der Waals surface area contributed by atoms with Crippen LogP contribution in [0.25, 0.3) is 11.1 Å². The molecule has 2 N–H and O–H groups in total. The van der Waals surface area contributed by atoms with E-state index in [4.69, 9.17) is 9.47 Å². The molecular formula is C24H25N3O6S. The number of hydrogen-bond acceptors (Lipinski definition) is 7. The Kier molecular flexibility index (Phi) is 7.21. The van der Waals surface area contributed by atoms with Gasteiger partial charge in [-0.1, -0.05) is 24.3 Å². The molecule has 0 aromatic heterocycles. The highest BCUT2D eigenvalue weighted by atomic mass is 32.2. The summed E-state index contributed by atoms with van der Waals surface area (Å²) in [5, 5.41) is 5.30. The molecule has 2 amide bonds. The molecule has 0 saturated heterocycles. The first-order chi connectivity index (χ1) is 16.0. The second kappa shape index (κ2) is 9.92. The lowest BCUT2D eigenvalue weighted by molar-refractivity contribution is 0.237. The second-order valence-corrected chi connectivity index (χ2v) is 10.0. The van der Waals surface area contributed by atoms with Crippen LogP contribution in [0.3, 0.4) is 0 Å². The molecule has 0 atom stereocenters. The first-order valence-electron chi connectivity index (χ1n) is 10.3. The SMILES string of the molecule is COc1ccc(-c2cccc(Oc3ccc(N=O)cc3S(=O)(=O)NC(=O)NC(C)(C)C)c2)cc1. The second-order valence-electron chi connectivity index (χ2n) is 8.39. The lowest BCUT2D eigenvalue weighted by Gasteiger charge is -2.21. The first kappa shape index (κ1) is 24.7. The number of amides is 2. The lowest BCUT2D eigenvalue weighted by Crippen LogP contribution is -2.48. The highest BCUT2D eigenvalue weighted by Crippen LogP contribution is 2.34. The number of carbonyl (C=O) groups is 1. The average molecular weight is 484 g/mol. The van der Waals surface area contributed by atoms with Crippen LogP contribution >= 0.6 is 0 Å². The van der Waals surface area contributed by atoms with E-state index in [-0.39, 0.29) is 11.4 Å². The number of nitrogens with one attached hydrogen (secondary N) is 2. The molecular weight excluding hydrogens is 458 g/mol. The minimum absolute atomic E-state index is 0.0738. The number of methoxy groups -OCH3 is 1. The van der Waals surface area contributed by atoms with Gasteiger partial charge < -0.3 is 14.8 Å². The van der Waals surface area contributed by atoms with Crippen molar-refractivity contribution in [3.8, 4) is 28.4 Å². The van der Waals surface area contributed by atoms with Crippen LogP contribution < -0.4 is 19.5 Å². The van der Waals surface area contributed by atoms with E-state index >= 15 is 0 Å². The number of rotatable bonds is 7. The van der Waals surface area contributed by atoms with Crippen molar-refractivity contribution in [2.24, 2.45) is 5.18 Å². The van der Waals surface area contributed by atoms with E-state index in [2.05, 4.69) is 10.5 Å². The highest BCUT2D eigenvalue weighted by molar-refractivity contribution is 7.90. The molecule has 0 unspecified atom stereocenters. The molecule has 0 spiro atoms. The van der Waals surface area contributed by atoms with Crippen LogP contribution in [0.1, 0.15) is 20.8 Å². The topological polar surface area (TPSA) is 123 Å². The fourth-order valence-corrected chi connectivity index (χ4v) is 4.10. The minimum atomic E-state index is -4.39. The summed E-state index contributed by atoms with van der Waals surface area (Å²) in [7, 11) is -2.80. The largest absolute Gasteiger partial charge is 0.497 e. The van der Waals surface area contributed by atoms with E-state index in [1.807, 2.05) is 35.1 Å². The van der Waals surface area contributed by atoms with E-state index in [0.717, 1.165) is 22.9 Å². The summed E-state index contributed by atoms with van der Waals surface area (Å²) in [5.41, 5.74) is 0.946. The zero-order valence-electron chi connectivity index (χ0n) is 19.2. The number of nitroso groups, excluding NO2 is 1. The van der Waals surface area contributed by atoms with Crippen LogP contribution in [0.4, 0.5) is 10.5 Å². The van der Waals surface area contributed by atoms with Crippen LogP contribution in [-0.4, -0.2) is 27.1 Å². The van der Waals surface area contributed by atoms with Gasteiger partial charge in [0.1, 0.15) is 27.8 Å². The van der Waals surface area contributed by atoms with Crippen molar-refractivity contribution in [2.45, 2.75) is 31.2 Å². The number of ether oxygens (including phenoxy) is 2. The minimum Gasteiger partial charge on any atom is -0.497 e. The Bertz CT molecular complexity index is 1300. The van der Waals surface area contributed by atoms with Crippen LogP contribution in [0, 0.1) is 4.91 Å². The zero-order valence-corrected chi connectivity index (χ0v) is 20.0. The van der Waals surface area contributed by atoms with Gasteiger partial charge in [0.25, 0.3) is 10.0 Å². The summed E-state index contributed by atoms with van der Waals surface area (Å²) in [5.74, 6) is 1.00. The number of sulfonamides is 1. The molecule has 3 aromatic carbocycles. The van der Waals surface area contributed by atoms with Crippen molar-refractivity contribution in [1.29, 1.82) is 0 Å². The number of benzene rings is 3. The molecule has 0 saturated carbocycles. The Hall–Kier alpha value is -3.92. The normalized spacial score (nSPS) is 11.4. The molecule has 34 heavy (non-hydrogen) atoms. The van der Waals surface area contributed by atoms with Crippen LogP contribution in [-0.2, 0) is 10.0 Å². The molecule has 0 aliphatic rings. The van der Waals surface area contributed by atoms with Gasteiger partial charge >= 0.3 is 6.03 Å². The zero-order chi connectivity index (χ0) is 24.9. The van der Waals surface area contributed by atoms with Gasteiger partial charge in [0.2, 0.25) is 0 Å². The van der Waals surface area contributed by atoms with Crippen molar-refractivity contribution >= 4 is 21.7 Å². The van der Waals surface area contributed by atoms with Crippen molar-refractivity contribution < 1.29 is 22.7 Å². The predicted molar refractivity (Wildman–Crippen MR) is 129 cm³/mol. The Balaban J connectivity index is 1.93. The summed E-state index contributed by atoms with van der Waals surface area (Å²) in [6.07, 6.45) is 0. The maximum atomic E-state index is 12.9. The molecule has 9 nitrogen and oxygen atoms in total. The molecule has 0 heterocycles. The van der Waals surface area contributed by atoms with Crippen molar-refractivity contribution in [2.75, 3.05) is 7.11 Å². The quantitative estimate of drug-likeness (QED) is 0.437. The number of carbonyl (C=O) groups excluding carboxylic acids is 1. The van der Waals surface area contributed by atoms with Gasteiger partial charge in [-0.05, 0) is 79.5 Å². The molecule has 3 rings (SSSR count). The third kappa shape index (κ3) is 6.32. The van der Waals surface area contributed by atoms with Crippen molar-refractivity contribution in [1.82, 2.24) is 10.0 Å². The summed E-state index contributed by atoms with van der Waals surface area (Å²) >= 11 is 0. The van der Waals surface area contributed by atoms with E-state index in [1.54, 1.807) is 46.1 Å². The van der Waals surface area contributed by atoms with Crippen molar-refractivity contribution in [3.05, 3.63) is 71.6 Å². The maximum absolute atomic E-state index is 12.9. The molecule has 3 aromatic rings. The molecule has 10 heteroatoms. The Labute approximate surface area is 198 Å². The number of nitrogens with zero attached hydrogens (tertiary/aromatic N) is 1. The Morgan fingerprint density at radius 3 is 2.24 bits per heavy atom. The predicted octanol–water partition coefficient (Wildman–Crippen LogP) is 5.34. The van der Waals surface area contributed by atoms with E-state index < -0.39 is 26.5 Å². The standard InChI is InChI=1S/C24H25N3O6S/c1-24(2,3)25-23(28)27-34(30,31)22-15-18(26-29)10-13-21(22)33-20-7-5-6-17(14-20)16-8-11-19(32-4)12-9-16/h5-15H,1-4H3,(H2,25,27,28). The third-order valence-corrected chi connectivity index (χ3v) is 5.88. The summed E-state index contributed by atoms with van der Waals surface area (Å²) in [6, 6.07) is 17.2. The van der Waals surface area contributed by atoms with Gasteiger partial charge in [0.05, 0.1) is 7.11 Å². The van der Waals surface area contributed by atoms with E-state index in [9.17, 15) is 18.1 Å². The first-order valence-corrected chi connectivity index (χ1v) is 11.7. The van der Waals surface area contributed by atoms with Gasteiger partial charge in [-0.15, -0.1) is 4.91 Å². The highest BCUT2D eigenvalue weighted by Gasteiger charge is 2.25. The summed E-state index contributed by atoms with van der Waals surface area (Å²) < 4.78 is 38.9. The number of hydrogen-bond donors (Lipinski definition) is 2. The van der Waals surface area contributed by atoms with Gasteiger partial charge in [0, 0.05) is 5.54 Å². The van der Waals surface area contributed by atoms with E-state index in [1.165, 1.54) is 12.1 Å². The van der Waals surface area contributed by atoms with Crippen LogP contribution in [0.2, 0.25) is 0 Å². The summed E-state index contributed by atoms with van der Waals surface area (Å²) in [6.45, 7) is 5.13. The van der Waals surface area contributed by atoms with Gasteiger partial charge in [-0.2, -0.15) is 0 Å².